The highest BCUT2D eigenvalue weighted by Crippen LogP contribution is 2.35. The van der Waals surface area contributed by atoms with Crippen LogP contribution in [0.3, 0.4) is 0 Å². The van der Waals surface area contributed by atoms with Gasteiger partial charge in [-0.25, -0.2) is 0 Å². The smallest absolute Gasteiger partial charge is 0.0963 e. The van der Waals surface area contributed by atoms with E-state index < -0.39 is 5.60 Å². The molecule has 2 rings (SSSR count). The van der Waals surface area contributed by atoms with Crippen molar-refractivity contribution in [2.45, 2.75) is 64.2 Å². The lowest BCUT2D eigenvalue weighted by atomic mass is 9.79. The van der Waals surface area contributed by atoms with E-state index in [1.165, 1.54) is 0 Å². The lowest BCUT2D eigenvalue weighted by Crippen LogP contribution is -2.48. The zero-order valence-corrected chi connectivity index (χ0v) is 13.5. The van der Waals surface area contributed by atoms with E-state index in [4.69, 9.17) is 4.74 Å². The molecule has 1 fully saturated rings. The second kappa shape index (κ2) is 5.94. The number of hydrogen-bond donors (Lipinski definition) is 1. The van der Waals surface area contributed by atoms with E-state index in [9.17, 15) is 5.11 Å². The van der Waals surface area contributed by atoms with Crippen LogP contribution in [0.2, 0.25) is 0 Å². The van der Waals surface area contributed by atoms with Gasteiger partial charge in [0.05, 0.1) is 27.6 Å². The average molecular weight is 331 g/mol. The van der Waals surface area contributed by atoms with E-state index in [1.54, 1.807) is 7.11 Å². The summed E-state index contributed by atoms with van der Waals surface area (Å²) in [4.78, 5) is 0. The van der Waals surface area contributed by atoms with Crippen molar-refractivity contribution in [1.82, 2.24) is 9.78 Å². The molecule has 1 aromatic rings. The Kier molecular flexibility index (Phi) is 4.69. The van der Waals surface area contributed by atoms with Gasteiger partial charge in [0.2, 0.25) is 0 Å². The second-order valence-electron chi connectivity index (χ2n) is 5.41. The number of ether oxygens (including phenoxy) is 1. The predicted molar refractivity (Wildman–Crippen MR) is 78.3 cm³/mol. The van der Waals surface area contributed by atoms with Crippen molar-refractivity contribution in [3.05, 3.63) is 15.9 Å². The Labute approximate surface area is 123 Å². The molecule has 0 aromatic carbocycles. The highest BCUT2D eigenvalue weighted by atomic mass is 79.9. The average Bonchev–Trinajstić information content (AvgIpc) is 2.66. The first-order chi connectivity index (χ1) is 9.01. The summed E-state index contributed by atoms with van der Waals surface area (Å²) in [6.45, 7) is 4.87. The van der Waals surface area contributed by atoms with E-state index in [0.717, 1.165) is 48.1 Å². The van der Waals surface area contributed by atoms with Crippen LogP contribution < -0.4 is 0 Å². The van der Waals surface area contributed by atoms with Gasteiger partial charge < -0.3 is 9.84 Å². The molecule has 0 radical (unpaired) electrons. The lowest BCUT2D eigenvalue weighted by molar-refractivity contribution is -0.117. The van der Waals surface area contributed by atoms with Gasteiger partial charge in [0.25, 0.3) is 0 Å². The number of aryl methyl sites for hydroxylation is 2. The van der Waals surface area contributed by atoms with E-state index in [0.29, 0.717) is 6.42 Å². The molecule has 1 aromatic heterocycles. The first kappa shape index (κ1) is 15.0. The van der Waals surface area contributed by atoms with Gasteiger partial charge in [0, 0.05) is 20.1 Å². The molecule has 0 saturated heterocycles. The van der Waals surface area contributed by atoms with Crippen LogP contribution in [0.1, 0.15) is 44.0 Å². The van der Waals surface area contributed by atoms with E-state index >= 15 is 0 Å². The van der Waals surface area contributed by atoms with Crippen molar-refractivity contribution in [2.75, 3.05) is 7.11 Å². The monoisotopic (exact) mass is 330 g/mol. The SMILES string of the molecule is CCn1nc(C)c(Br)c1CC1(O)CCCCC1OC. The quantitative estimate of drug-likeness (QED) is 0.923. The largest absolute Gasteiger partial charge is 0.387 e. The van der Waals surface area contributed by atoms with Gasteiger partial charge in [-0.15, -0.1) is 0 Å². The standard InChI is InChI=1S/C14H23BrN2O2/c1-4-17-11(13(15)10(2)16-17)9-14(18)8-6-5-7-12(14)19-3/h12,18H,4-9H2,1-3H3. The minimum atomic E-state index is -0.769. The first-order valence-corrected chi connectivity index (χ1v) is 7.78. The first-order valence-electron chi connectivity index (χ1n) is 6.98. The van der Waals surface area contributed by atoms with Crippen molar-refractivity contribution < 1.29 is 9.84 Å². The van der Waals surface area contributed by atoms with Crippen LogP contribution in [-0.2, 0) is 17.7 Å². The summed E-state index contributed by atoms with van der Waals surface area (Å²) in [6.07, 6.45) is 4.45. The molecule has 19 heavy (non-hydrogen) atoms. The Balaban J connectivity index is 2.28. The highest BCUT2D eigenvalue weighted by Gasteiger charge is 2.40. The van der Waals surface area contributed by atoms with E-state index in [2.05, 4.69) is 28.0 Å². The fourth-order valence-electron chi connectivity index (χ4n) is 3.06. The molecule has 4 nitrogen and oxygen atoms in total. The zero-order chi connectivity index (χ0) is 14.0. The van der Waals surface area contributed by atoms with Crippen LogP contribution in [0.15, 0.2) is 4.47 Å². The van der Waals surface area contributed by atoms with Gasteiger partial charge >= 0.3 is 0 Å². The molecule has 2 atom stereocenters. The molecule has 0 bridgehead atoms. The molecule has 2 unspecified atom stereocenters. The number of rotatable bonds is 4. The Hall–Kier alpha value is -0.390. The number of aromatic nitrogens is 2. The number of nitrogens with zero attached hydrogens (tertiary/aromatic N) is 2. The number of hydrogen-bond acceptors (Lipinski definition) is 3. The molecule has 1 saturated carbocycles. The minimum Gasteiger partial charge on any atom is -0.387 e. The predicted octanol–water partition coefficient (Wildman–Crippen LogP) is 2.84. The molecule has 108 valence electrons. The normalized spacial score (nSPS) is 27.7. The molecule has 1 aliphatic carbocycles. The summed E-state index contributed by atoms with van der Waals surface area (Å²) in [5, 5.41) is 15.4. The zero-order valence-electron chi connectivity index (χ0n) is 11.9. The van der Waals surface area contributed by atoms with E-state index in [-0.39, 0.29) is 6.10 Å². The van der Waals surface area contributed by atoms with Crippen LogP contribution in [0.4, 0.5) is 0 Å². The van der Waals surface area contributed by atoms with Gasteiger partial charge in [-0.1, -0.05) is 12.8 Å². The molecular weight excluding hydrogens is 308 g/mol. The van der Waals surface area contributed by atoms with Crippen molar-refractivity contribution in [2.24, 2.45) is 0 Å². The van der Waals surface area contributed by atoms with Crippen LogP contribution in [0, 0.1) is 6.92 Å². The summed E-state index contributed by atoms with van der Waals surface area (Å²) in [5.41, 5.74) is 1.28. The maximum atomic E-state index is 11.0. The van der Waals surface area contributed by atoms with Crippen molar-refractivity contribution in [3.63, 3.8) is 0 Å². The summed E-state index contributed by atoms with van der Waals surface area (Å²) in [6, 6.07) is 0. The lowest BCUT2D eigenvalue weighted by Gasteiger charge is -2.39. The number of halogens is 1. The maximum Gasteiger partial charge on any atom is 0.0963 e. The molecule has 5 heteroatoms. The molecule has 0 spiro atoms. The van der Waals surface area contributed by atoms with Crippen LogP contribution >= 0.6 is 15.9 Å². The third-order valence-corrected chi connectivity index (χ3v) is 5.17. The summed E-state index contributed by atoms with van der Waals surface area (Å²) in [5.74, 6) is 0. The fraction of sp³-hybridized carbons (Fsp3) is 0.786. The van der Waals surface area contributed by atoms with Crippen LogP contribution in [0.5, 0.6) is 0 Å². The Morgan fingerprint density at radius 3 is 2.89 bits per heavy atom. The van der Waals surface area contributed by atoms with Gasteiger partial charge in [-0.2, -0.15) is 5.10 Å². The second-order valence-corrected chi connectivity index (χ2v) is 6.21. The minimum absolute atomic E-state index is 0.0753. The Bertz CT molecular complexity index is 447. The molecule has 1 aliphatic rings. The molecule has 1 heterocycles. The molecule has 1 N–H and O–H groups in total. The number of methoxy groups -OCH3 is 1. The van der Waals surface area contributed by atoms with Gasteiger partial charge in [-0.05, 0) is 42.6 Å². The summed E-state index contributed by atoms with van der Waals surface area (Å²) >= 11 is 3.60. The topological polar surface area (TPSA) is 47.3 Å². The van der Waals surface area contributed by atoms with Crippen molar-refractivity contribution >= 4 is 15.9 Å². The maximum absolute atomic E-state index is 11.0. The van der Waals surface area contributed by atoms with Crippen LogP contribution in [0.25, 0.3) is 0 Å². The molecular formula is C14H23BrN2O2. The number of aliphatic hydroxyl groups is 1. The third kappa shape index (κ3) is 2.88. The van der Waals surface area contributed by atoms with Gasteiger partial charge in [0.15, 0.2) is 0 Å². The summed E-state index contributed by atoms with van der Waals surface area (Å²) in [7, 11) is 1.69. The van der Waals surface area contributed by atoms with Gasteiger partial charge in [-0.3, -0.25) is 4.68 Å². The van der Waals surface area contributed by atoms with Crippen LogP contribution in [-0.4, -0.2) is 33.7 Å². The third-order valence-electron chi connectivity index (χ3n) is 4.14. The van der Waals surface area contributed by atoms with E-state index in [1.807, 2.05) is 11.6 Å². The van der Waals surface area contributed by atoms with Crippen molar-refractivity contribution in [3.8, 4) is 0 Å². The Morgan fingerprint density at radius 2 is 2.26 bits per heavy atom. The van der Waals surface area contributed by atoms with Crippen molar-refractivity contribution in [1.29, 1.82) is 0 Å². The Morgan fingerprint density at radius 1 is 1.53 bits per heavy atom. The molecule has 0 aliphatic heterocycles. The highest BCUT2D eigenvalue weighted by molar-refractivity contribution is 9.10. The molecule has 0 amide bonds. The van der Waals surface area contributed by atoms with Gasteiger partial charge in [0.1, 0.15) is 0 Å². The summed E-state index contributed by atoms with van der Waals surface area (Å²) < 4.78 is 8.49. The fourth-order valence-corrected chi connectivity index (χ4v) is 3.48.